The molecule has 0 saturated carbocycles. The summed E-state index contributed by atoms with van der Waals surface area (Å²) in [6.07, 6.45) is 5.22. The summed E-state index contributed by atoms with van der Waals surface area (Å²) in [5, 5.41) is 20.3. The molecule has 0 bridgehead atoms. The van der Waals surface area contributed by atoms with Crippen molar-refractivity contribution in [3.8, 4) is 10.4 Å². The normalized spacial score (nSPS) is 20.8. The third-order valence-electron chi connectivity index (χ3n) is 7.10. The highest BCUT2D eigenvalue weighted by Gasteiger charge is 2.43. The smallest absolute Gasteiger partial charge is 0.230 e. The monoisotopic (exact) mass is 479 g/mol. The fraction of sp³-hybridized carbons (Fsp3) is 0.483. The summed E-state index contributed by atoms with van der Waals surface area (Å²) in [6.45, 7) is 14.2. The van der Waals surface area contributed by atoms with E-state index in [2.05, 4.69) is 76.8 Å². The quantitative estimate of drug-likeness (QED) is 0.419. The van der Waals surface area contributed by atoms with Crippen molar-refractivity contribution in [2.45, 2.75) is 84.2 Å². The van der Waals surface area contributed by atoms with Crippen LogP contribution in [0.5, 0.6) is 0 Å². The van der Waals surface area contributed by atoms with Crippen molar-refractivity contribution in [2.24, 2.45) is 0 Å². The van der Waals surface area contributed by atoms with Gasteiger partial charge in [0.2, 0.25) is 5.78 Å². The summed E-state index contributed by atoms with van der Waals surface area (Å²) >= 11 is 1.84. The Kier molecular flexibility index (Phi) is 6.56. The number of nitrogens with zero attached hydrogens (tertiary/aromatic N) is 1. The lowest BCUT2D eigenvalue weighted by molar-refractivity contribution is -0.127. The Labute approximate surface area is 207 Å². The predicted octanol–water partition coefficient (Wildman–Crippen LogP) is 7.03. The second kappa shape index (κ2) is 9.01. The molecule has 2 N–H and O–H groups in total. The number of benzene rings is 1. The molecule has 0 amide bonds. The largest absolute Gasteiger partial charge is 0.504 e. The Morgan fingerprint density at radius 2 is 1.85 bits per heavy atom. The first-order chi connectivity index (χ1) is 16.0. The second-order valence-corrected chi connectivity index (χ2v) is 12.2. The van der Waals surface area contributed by atoms with Crippen molar-refractivity contribution in [3.63, 3.8) is 0 Å². The number of thiophene rings is 1. The van der Waals surface area contributed by atoms with Crippen LogP contribution in [0.25, 0.3) is 10.4 Å². The fourth-order valence-electron chi connectivity index (χ4n) is 4.88. The van der Waals surface area contributed by atoms with Gasteiger partial charge in [-0.3, -0.25) is 4.79 Å². The van der Waals surface area contributed by atoms with Crippen LogP contribution in [0.4, 0.5) is 5.69 Å². The summed E-state index contributed by atoms with van der Waals surface area (Å²) in [5.74, 6) is -0.907. The first kappa shape index (κ1) is 24.7. The Hall–Kier alpha value is -2.37. The van der Waals surface area contributed by atoms with Crippen molar-refractivity contribution < 1.29 is 15.0 Å². The lowest BCUT2D eigenvalue weighted by atomic mass is 9.80. The fourth-order valence-corrected chi connectivity index (χ4v) is 5.94. The zero-order chi connectivity index (χ0) is 24.8. The molecule has 2 aliphatic rings. The molecule has 1 aromatic heterocycles. The minimum atomic E-state index is -1.23. The predicted molar refractivity (Wildman–Crippen MR) is 142 cm³/mol. The number of hydrogen-bond acceptors (Lipinski definition) is 5. The van der Waals surface area contributed by atoms with Gasteiger partial charge in [-0.15, -0.1) is 11.3 Å². The highest BCUT2D eigenvalue weighted by molar-refractivity contribution is 7.15. The van der Waals surface area contributed by atoms with Gasteiger partial charge in [0.1, 0.15) is 6.10 Å². The van der Waals surface area contributed by atoms with Crippen LogP contribution in [0.2, 0.25) is 0 Å². The van der Waals surface area contributed by atoms with Gasteiger partial charge in [-0.25, -0.2) is 0 Å². The van der Waals surface area contributed by atoms with E-state index in [-0.39, 0.29) is 16.6 Å². The molecule has 1 unspecified atom stereocenters. The Morgan fingerprint density at radius 1 is 1.12 bits per heavy atom. The molecular weight excluding hydrogens is 442 g/mol. The maximum absolute atomic E-state index is 11.7. The van der Waals surface area contributed by atoms with Gasteiger partial charge in [-0.1, -0.05) is 66.9 Å². The zero-order valence-corrected chi connectivity index (χ0v) is 22.1. The van der Waals surface area contributed by atoms with E-state index in [0.717, 1.165) is 25.1 Å². The number of ketones is 1. The van der Waals surface area contributed by atoms with E-state index in [4.69, 9.17) is 0 Å². The molecule has 182 valence electrons. The van der Waals surface area contributed by atoms with Gasteiger partial charge in [0.05, 0.1) is 0 Å². The molecule has 0 spiro atoms. The third kappa shape index (κ3) is 4.25. The molecule has 2 aromatic rings. The number of anilines is 1. The molecule has 4 nitrogen and oxygen atoms in total. The molecule has 5 heteroatoms. The number of aliphatic hydroxyl groups is 2. The van der Waals surface area contributed by atoms with Crippen molar-refractivity contribution in [1.82, 2.24) is 0 Å². The summed E-state index contributed by atoms with van der Waals surface area (Å²) < 4.78 is 0. The highest BCUT2D eigenvalue weighted by atomic mass is 32.1. The molecular formula is C29H37NO3S. The minimum absolute atomic E-state index is 0.126. The van der Waals surface area contributed by atoms with E-state index in [9.17, 15) is 15.0 Å². The van der Waals surface area contributed by atoms with Crippen LogP contribution in [0, 0.1) is 0 Å². The number of fused-ring (bicyclic) bond motifs is 1. The molecule has 34 heavy (non-hydrogen) atoms. The first-order valence-electron chi connectivity index (χ1n) is 12.4. The molecule has 0 saturated heterocycles. The van der Waals surface area contributed by atoms with Crippen molar-refractivity contribution in [3.05, 3.63) is 63.9 Å². The van der Waals surface area contributed by atoms with Crippen LogP contribution in [-0.2, 0) is 15.6 Å². The van der Waals surface area contributed by atoms with Crippen LogP contribution in [0.3, 0.4) is 0 Å². The highest BCUT2D eigenvalue weighted by Crippen LogP contribution is 2.50. The number of aliphatic hydroxyl groups excluding tert-OH is 2. The molecule has 0 radical (unpaired) electrons. The summed E-state index contributed by atoms with van der Waals surface area (Å²) in [4.78, 5) is 16.7. The van der Waals surface area contributed by atoms with Gasteiger partial charge >= 0.3 is 0 Å². The molecule has 1 aliphatic carbocycles. The number of unbranched alkanes of at least 4 members (excludes halogenated alkanes) is 3. The van der Waals surface area contributed by atoms with Gasteiger partial charge < -0.3 is 15.1 Å². The maximum Gasteiger partial charge on any atom is 0.230 e. The van der Waals surface area contributed by atoms with Crippen LogP contribution < -0.4 is 4.90 Å². The lowest BCUT2D eigenvalue weighted by Crippen LogP contribution is -2.37. The SMILES string of the molecule is CCCCCCN1/C(=C/C2=C(O)C(=O)C2O)C(C)(C)c2cc(-c3ccc(C(C)(C)C)s3)ccc21. The summed E-state index contributed by atoms with van der Waals surface area (Å²) in [6, 6.07) is 11.2. The average Bonchev–Trinajstić information content (AvgIpc) is 3.37. The van der Waals surface area contributed by atoms with E-state index in [0.29, 0.717) is 5.57 Å². The number of rotatable bonds is 7. The van der Waals surface area contributed by atoms with Crippen LogP contribution >= 0.6 is 11.3 Å². The minimum Gasteiger partial charge on any atom is -0.504 e. The number of allylic oxidation sites excluding steroid dienone is 1. The maximum atomic E-state index is 11.7. The number of carbonyl (C=O) groups is 1. The van der Waals surface area contributed by atoms with Crippen molar-refractivity contribution in [1.29, 1.82) is 0 Å². The van der Waals surface area contributed by atoms with Gasteiger partial charge in [0, 0.05) is 38.7 Å². The van der Waals surface area contributed by atoms with Crippen LogP contribution in [-0.4, -0.2) is 28.6 Å². The summed E-state index contributed by atoms with van der Waals surface area (Å²) in [7, 11) is 0. The number of hydrogen-bond donors (Lipinski definition) is 2. The van der Waals surface area contributed by atoms with E-state index in [1.165, 1.54) is 39.4 Å². The van der Waals surface area contributed by atoms with Gasteiger partial charge in [0.25, 0.3) is 0 Å². The van der Waals surface area contributed by atoms with E-state index in [1.807, 2.05) is 17.4 Å². The van der Waals surface area contributed by atoms with Gasteiger partial charge in [-0.05, 0) is 53.3 Å². The van der Waals surface area contributed by atoms with Gasteiger partial charge in [-0.2, -0.15) is 0 Å². The van der Waals surface area contributed by atoms with E-state index >= 15 is 0 Å². The third-order valence-corrected chi connectivity index (χ3v) is 8.66. The van der Waals surface area contributed by atoms with Crippen LogP contribution in [0.15, 0.2) is 53.4 Å². The van der Waals surface area contributed by atoms with Crippen LogP contribution in [0.1, 0.15) is 77.7 Å². The lowest BCUT2D eigenvalue weighted by Gasteiger charge is -2.30. The summed E-state index contributed by atoms with van der Waals surface area (Å²) in [5.41, 5.74) is 4.76. The molecule has 2 heterocycles. The Bertz CT molecular complexity index is 1160. The van der Waals surface area contributed by atoms with E-state index in [1.54, 1.807) is 0 Å². The Balaban J connectivity index is 1.75. The number of Topliss-reactive ketones (excluding diaryl/α,β-unsaturated/α-hetero) is 1. The number of carbonyl (C=O) groups excluding carboxylic acids is 1. The van der Waals surface area contributed by atoms with E-state index < -0.39 is 11.9 Å². The molecule has 1 aromatic carbocycles. The molecule has 0 fully saturated rings. The topological polar surface area (TPSA) is 60.8 Å². The molecule has 1 atom stereocenters. The molecule has 4 rings (SSSR count). The molecule has 1 aliphatic heterocycles. The van der Waals surface area contributed by atoms with Gasteiger partial charge in [0.15, 0.2) is 5.76 Å². The second-order valence-electron chi connectivity index (χ2n) is 11.1. The average molecular weight is 480 g/mol. The first-order valence-corrected chi connectivity index (χ1v) is 13.2. The zero-order valence-electron chi connectivity index (χ0n) is 21.2. The van der Waals surface area contributed by atoms with Crippen molar-refractivity contribution >= 4 is 22.8 Å². The van der Waals surface area contributed by atoms with Crippen molar-refractivity contribution in [2.75, 3.05) is 11.4 Å². The Morgan fingerprint density at radius 3 is 2.47 bits per heavy atom. The standard InChI is InChI=1S/C29H37NO3S/c1-7-8-9-10-15-30-21-12-11-18(22-13-14-24(34-22)28(2,3)4)16-20(21)29(5,6)23(30)17-19-25(31)27(33)26(19)32/h11-14,16-17,25,31-32H,7-10,15H2,1-6H3/b23-17+.